The van der Waals surface area contributed by atoms with E-state index >= 15 is 0 Å². The zero-order valence-electron chi connectivity index (χ0n) is 17.3. The van der Waals surface area contributed by atoms with Crippen molar-refractivity contribution in [2.75, 3.05) is 32.8 Å². The Kier molecular flexibility index (Phi) is 6.87. The highest BCUT2D eigenvalue weighted by atomic mass is 35.5. The molecule has 2 heterocycles. The van der Waals surface area contributed by atoms with Crippen LogP contribution in [0.25, 0.3) is 0 Å². The lowest BCUT2D eigenvalue weighted by molar-refractivity contribution is -0.134. The third-order valence-corrected chi connectivity index (χ3v) is 5.31. The van der Waals surface area contributed by atoms with Gasteiger partial charge in [0.1, 0.15) is 17.1 Å². The molecule has 2 amide bonds. The zero-order valence-corrected chi connectivity index (χ0v) is 18.1. The Morgan fingerprint density at radius 2 is 1.53 bits per heavy atom. The van der Waals surface area contributed by atoms with Gasteiger partial charge < -0.3 is 19.3 Å². The first-order valence-corrected chi connectivity index (χ1v) is 10.6. The predicted octanol–water partition coefficient (Wildman–Crippen LogP) is 3.89. The van der Waals surface area contributed by atoms with Gasteiger partial charge in [0.2, 0.25) is 5.88 Å². The minimum absolute atomic E-state index is 0.0623. The standard InChI is InChI=1S/C24H22ClN3O4/c25-18-8-10-19(11-9-18)31-17-22(29)27-13-15-28(16-14-27)24(30)21-7-4-12-26-23(21)32-20-5-2-1-3-6-20/h1-12H,13-17H2. The third-order valence-electron chi connectivity index (χ3n) is 5.05. The average Bonchev–Trinajstić information content (AvgIpc) is 2.84. The summed E-state index contributed by atoms with van der Waals surface area (Å²) >= 11 is 5.86. The lowest BCUT2D eigenvalue weighted by Crippen LogP contribution is -2.51. The van der Waals surface area contributed by atoms with E-state index in [1.807, 2.05) is 18.2 Å². The van der Waals surface area contributed by atoms with Crippen LogP contribution in [0.5, 0.6) is 17.4 Å². The van der Waals surface area contributed by atoms with Crippen LogP contribution in [0, 0.1) is 0 Å². The molecule has 32 heavy (non-hydrogen) atoms. The number of amides is 2. The smallest absolute Gasteiger partial charge is 0.260 e. The number of carbonyl (C=O) groups is 2. The van der Waals surface area contributed by atoms with Crippen LogP contribution in [0.4, 0.5) is 0 Å². The fourth-order valence-corrected chi connectivity index (χ4v) is 3.46. The molecule has 0 N–H and O–H groups in total. The van der Waals surface area contributed by atoms with Gasteiger partial charge in [-0.3, -0.25) is 9.59 Å². The molecule has 3 aromatic rings. The fourth-order valence-electron chi connectivity index (χ4n) is 3.33. The van der Waals surface area contributed by atoms with Crippen LogP contribution < -0.4 is 9.47 Å². The number of benzene rings is 2. The minimum atomic E-state index is -0.173. The number of halogens is 1. The summed E-state index contributed by atoms with van der Waals surface area (Å²) in [5, 5.41) is 0.607. The van der Waals surface area contributed by atoms with E-state index in [-0.39, 0.29) is 24.3 Å². The Bertz CT molecular complexity index is 1070. The Morgan fingerprint density at radius 3 is 2.25 bits per heavy atom. The van der Waals surface area contributed by atoms with E-state index in [0.717, 1.165) is 0 Å². The largest absolute Gasteiger partial charge is 0.484 e. The van der Waals surface area contributed by atoms with Gasteiger partial charge in [0, 0.05) is 37.4 Å². The van der Waals surface area contributed by atoms with Crippen LogP contribution >= 0.6 is 11.6 Å². The van der Waals surface area contributed by atoms with E-state index in [1.54, 1.807) is 64.5 Å². The molecule has 0 atom stereocenters. The summed E-state index contributed by atoms with van der Waals surface area (Å²) in [5.74, 6) is 1.16. The van der Waals surface area contributed by atoms with E-state index in [2.05, 4.69) is 4.98 Å². The van der Waals surface area contributed by atoms with Gasteiger partial charge in [-0.15, -0.1) is 0 Å². The molecule has 1 aliphatic heterocycles. The van der Waals surface area contributed by atoms with Crippen LogP contribution in [0.2, 0.25) is 5.02 Å². The van der Waals surface area contributed by atoms with Gasteiger partial charge in [-0.05, 0) is 48.5 Å². The highest BCUT2D eigenvalue weighted by Crippen LogP contribution is 2.24. The van der Waals surface area contributed by atoms with Gasteiger partial charge in [0.15, 0.2) is 6.61 Å². The summed E-state index contributed by atoms with van der Waals surface area (Å²) in [6, 6.07) is 19.5. The molecule has 1 fully saturated rings. The quantitative estimate of drug-likeness (QED) is 0.568. The number of ether oxygens (including phenoxy) is 2. The molecule has 0 unspecified atom stereocenters. The van der Waals surface area contributed by atoms with Gasteiger partial charge >= 0.3 is 0 Å². The summed E-state index contributed by atoms with van der Waals surface area (Å²) in [4.78, 5) is 33.2. The molecule has 0 saturated carbocycles. The molecule has 8 heteroatoms. The Balaban J connectivity index is 1.33. The first-order chi connectivity index (χ1) is 15.6. The van der Waals surface area contributed by atoms with Gasteiger partial charge in [-0.2, -0.15) is 0 Å². The number of pyridine rings is 1. The summed E-state index contributed by atoms with van der Waals surface area (Å²) in [5.41, 5.74) is 0.391. The Labute approximate surface area is 191 Å². The topological polar surface area (TPSA) is 72.0 Å². The molecular formula is C24H22ClN3O4. The zero-order chi connectivity index (χ0) is 22.3. The molecule has 1 saturated heterocycles. The first-order valence-electron chi connectivity index (χ1n) is 10.2. The number of rotatable bonds is 6. The summed E-state index contributed by atoms with van der Waals surface area (Å²) in [6.07, 6.45) is 1.59. The average molecular weight is 452 g/mol. The van der Waals surface area contributed by atoms with Crippen molar-refractivity contribution in [2.45, 2.75) is 0 Å². The van der Waals surface area contributed by atoms with Crippen molar-refractivity contribution >= 4 is 23.4 Å². The normalized spacial score (nSPS) is 13.5. The number of para-hydroxylation sites is 1. The van der Waals surface area contributed by atoms with Crippen molar-refractivity contribution in [1.29, 1.82) is 0 Å². The molecule has 0 radical (unpaired) electrons. The number of piperazine rings is 1. The van der Waals surface area contributed by atoms with Crippen LogP contribution in [0.1, 0.15) is 10.4 Å². The second kappa shape index (κ2) is 10.2. The second-order valence-electron chi connectivity index (χ2n) is 7.19. The maximum atomic E-state index is 13.1. The molecule has 7 nitrogen and oxygen atoms in total. The molecule has 1 aromatic heterocycles. The lowest BCUT2D eigenvalue weighted by atomic mass is 10.2. The monoisotopic (exact) mass is 451 g/mol. The SMILES string of the molecule is O=C(COc1ccc(Cl)cc1)N1CCN(C(=O)c2cccnc2Oc2ccccc2)CC1. The predicted molar refractivity (Wildman–Crippen MR) is 120 cm³/mol. The van der Waals surface area contributed by atoms with Gasteiger partial charge in [-0.1, -0.05) is 29.8 Å². The second-order valence-corrected chi connectivity index (χ2v) is 7.62. The van der Waals surface area contributed by atoms with Gasteiger partial charge in [-0.25, -0.2) is 4.98 Å². The summed E-state index contributed by atoms with van der Waals surface area (Å²) in [7, 11) is 0. The maximum absolute atomic E-state index is 13.1. The highest BCUT2D eigenvalue weighted by Gasteiger charge is 2.27. The molecular weight excluding hydrogens is 430 g/mol. The van der Waals surface area contributed by atoms with Gasteiger partial charge in [0.05, 0.1) is 0 Å². The first kappa shape index (κ1) is 21.6. The number of hydrogen-bond donors (Lipinski definition) is 0. The van der Waals surface area contributed by atoms with E-state index in [0.29, 0.717) is 48.3 Å². The Morgan fingerprint density at radius 1 is 0.844 bits per heavy atom. The van der Waals surface area contributed by atoms with Crippen molar-refractivity contribution in [3.8, 4) is 17.4 Å². The van der Waals surface area contributed by atoms with E-state index < -0.39 is 0 Å². The number of nitrogens with zero attached hydrogens (tertiary/aromatic N) is 3. The number of carbonyl (C=O) groups excluding carboxylic acids is 2. The van der Waals surface area contributed by atoms with Crippen molar-refractivity contribution in [2.24, 2.45) is 0 Å². The van der Waals surface area contributed by atoms with Crippen molar-refractivity contribution in [3.05, 3.63) is 83.5 Å². The van der Waals surface area contributed by atoms with E-state index in [1.165, 1.54) is 0 Å². The van der Waals surface area contributed by atoms with Crippen molar-refractivity contribution in [1.82, 2.24) is 14.8 Å². The van der Waals surface area contributed by atoms with E-state index in [9.17, 15) is 9.59 Å². The minimum Gasteiger partial charge on any atom is -0.484 e. The summed E-state index contributed by atoms with van der Waals surface area (Å²) in [6.45, 7) is 1.65. The summed E-state index contributed by atoms with van der Waals surface area (Å²) < 4.78 is 11.4. The number of aromatic nitrogens is 1. The molecule has 0 aliphatic carbocycles. The van der Waals surface area contributed by atoms with Crippen LogP contribution in [0.3, 0.4) is 0 Å². The lowest BCUT2D eigenvalue weighted by Gasteiger charge is -2.34. The Hall–Kier alpha value is -3.58. The van der Waals surface area contributed by atoms with Gasteiger partial charge in [0.25, 0.3) is 11.8 Å². The van der Waals surface area contributed by atoms with Crippen LogP contribution in [-0.4, -0.2) is 59.4 Å². The fraction of sp³-hybridized carbons (Fsp3) is 0.208. The number of hydrogen-bond acceptors (Lipinski definition) is 5. The third kappa shape index (κ3) is 5.36. The molecule has 4 rings (SSSR count). The van der Waals surface area contributed by atoms with Crippen LogP contribution in [0.15, 0.2) is 72.9 Å². The molecule has 164 valence electrons. The maximum Gasteiger partial charge on any atom is 0.260 e. The van der Waals surface area contributed by atoms with Crippen molar-refractivity contribution in [3.63, 3.8) is 0 Å². The molecule has 1 aliphatic rings. The van der Waals surface area contributed by atoms with Crippen molar-refractivity contribution < 1.29 is 19.1 Å². The molecule has 0 spiro atoms. The molecule has 0 bridgehead atoms. The highest BCUT2D eigenvalue weighted by molar-refractivity contribution is 6.30. The van der Waals surface area contributed by atoms with Crippen LogP contribution in [-0.2, 0) is 4.79 Å². The van der Waals surface area contributed by atoms with E-state index in [4.69, 9.17) is 21.1 Å². The molecule has 2 aromatic carbocycles.